The first-order valence-corrected chi connectivity index (χ1v) is 16.7. The molecule has 4 rings (SSSR count). The molecule has 1 unspecified atom stereocenters. The number of ether oxygens (including phenoxy) is 1. The molecule has 1 N–H and O–H groups in total. The van der Waals surface area contributed by atoms with Crippen LogP contribution in [0.1, 0.15) is 43.0 Å². The second-order valence-corrected chi connectivity index (χ2v) is 14.3. The third kappa shape index (κ3) is 8.75. The van der Waals surface area contributed by atoms with Gasteiger partial charge in [0.25, 0.3) is 10.0 Å². The highest BCUT2D eigenvalue weighted by atomic mass is 32.2. The Kier molecular flexibility index (Phi) is 10.9. The summed E-state index contributed by atoms with van der Waals surface area (Å²) in [7, 11) is -2.79. The third-order valence-electron chi connectivity index (χ3n) is 7.46. The van der Waals surface area contributed by atoms with E-state index >= 15 is 0 Å². The van der Waals surface area contributed by atoms with Crippen LogP contribution in [0.25, 0.3) is 0 Å². The van der Waals surface area contributed by atoms with Gasteiger partial charge in [-0.15, -0.1) is 0 Å². The molecule has 0 fully saturated rings. The zero-order valence-electron chi connectivity index (χ0n) is 27.4. The molecule has 46 heavy (non-hydrogen) atoms. The van der Waals surface area contributed by atoms with Gasteiger partial charge in [-0.3, -0.25) is 13.9 Å². The van der Waals surface area contributed by atoms with Gasteiger partial charge < -0.3 is 15.0 Å². The number of nitrogens with one attached hydrogen (secondary N) is 1. The molecule has 0 spiro atoms. The Balaban J connectivity index is 1.85. The number of methoxy groups -OCH3 is 1. The monoisotopic (exact) mass is 641 g/mol. The number of hydrogen-bond acceptors (Lipinski definition) is 5. The second-order valence-electron chi connectivity index (χ2n) is 12.5. The van der Waals surface area contributed by atoms with E-state index in [1.165, 1.54) is 24.1 Å². The number of anilines is 1. The van der Waals surface area contributed by atoms with Crippen LogP contribution in [0.3, 0.4) is 0 Å². The highest BCUT2D eigenvalue weighted by Crippen LogP contribution is 2.34. The normalized spacial score (nSPS) is 12.2. The van der Waals surface area contributed by atoms with Gasteiger partial charge in [-0.1, -0.05) is 84.4 Å². The van der Waals surface area contributed by atoms with Gasteiger partial charge >= 0.3 is 0 Å². The number of carbonyl (C=O) groups is 2. The molecule has 0 bridgehead atoms. The van der Waals surface area contributed by atoms with Crippen LogP contribution in [-0.2, 0) is 32.6 Å². The minimum absolute atomic E-state index is 0.0374. The summed E-state index contributed by atoms with van der Waals surface area (Å²) in [6.07, 6.45) is 0.236. The molecule has 0 aromatic heterocycles. The van der Waals surface area contributed by atoms with Crippen molar-refractivity contribution >= 4 is 27.5 Å². The van der Waals surface area contributed by atoms with Crippen molar-refractivity contribution in [3.63, 3.8) is 0 Å². The summed E-state index contributed by atoms with van der Waals surface area (Å²) in [6, 6.07) is 29.6. The Bertz CT molecular complexity index is 1740. The molecule has 0 aliphatic rings. The fourth-order valence-corrected chi connectivity index (χ4v) is 6.55. The Hall–Kier alpha value is -4.63. The molecule has 0 saturated heterocycles. The first-order chi connectivity index (χ1) is 21.8. The van der Waals surface area contributed by atoms with Crippen molar-refractivity contribution in [1.82, 2.24) is 10.2 Å². The fourth-order valence-electron chi connectivity index (χ4n) is 5.13. The molecule has 0 heterocycles. The number of benzene rings is 4. The molecular formula is C37H43N3O5S. The summed E-state index contributed by atoms with van der Waals surface area (Å²) >= 11 is 0. The van der Waals surface area contributed by atoms with Crippen molar-refractivity contribution in [2.75, 3.05) is 18.0 Å². The van der Waals surface area contributed by atoms with Crippen molar-refractivity contribution in [2.45, 2.75) is 64.1 Å². The van der Waals surface area contributed by atoms with Crippen LogP contribution in [0.4, 0.5) is 5.69 Å². The number of amides is 2. The number of hydrogen-bond donors (Lipinski definition) is 1. The van der Waals surface area contributed by atoms with E-state index in [1.54, 1.807) is 24.3 Å². The van der Waals surface area contributed by atoms with E-state index in [0.29, 0.717) is 5.75 Å². The first kappa shape index (κ1) is 34.2. The Morgan fingerprint density at radius 1 is 0.804 bits per heavy atom. The van der Waals surface area contributed by atoms with E-state index in [1.807, 2.05) is 101 Å². The van der Waals surface area contributed by atoms with E-state index < -0.39 is 34.1 Å². The highest BCUT2D eigenvalue weighted by Gasteiger charge is 2.36. The maximum absolute atomic E-state index is 14.6. The van der Waals surface area contributed by atoms with Gasteiger partial charge in [0.05, 0.1) is 17.7 Å². The summed E-state index contributed by atoms with van der Waals surface area (Å²) in [5, 5.41) is 3.05. The molecule has 9 heteroatoms. The van der Waals surface area contributed by atoms with Crippen molar-refractivity contribution in [3.8, 4) is 5.75 Å². The summed E-state index contributed by atoms with van der Waals surface area (Å²) in [5.41, 5.74) is 3.03. The predicted molar refractivity (Wildman–Crippen MR) is 182 cm³/mol. The first-order valence-electron chi connectivity index (χ1n) is 15.2. The fraction of sp³-hybridized carbons (Fsp3) is 0.297. The van der Waals surface area contributed by atoms with E-state index in [4.69, 9.17) is 4.74 Å². The van der Waals surface area contributed by atoms with Crippen LogP contribution in [0, 0.1) is 13.8 Å². The molecule has 4 aromatic carbocycles. The van der Waals surface area contributed by atoms with Gasteiger partial charge in [0.2, 0.25) is 11.8 Å². The highest BCUT2D eigenvalue weighted by molar-refractivity contribution is 7.92. The molecule has 1 atom stereocenters. The van der Waals surface area contributed by atoms with E-state index in [2.05, 4.69) is 5.32 Å². The molecule has 0 aliphatic heterocycles. The third-order valence-corrected chi connectivity index (χ3v) is 9.23. The number of sulfonamides is 1. The molecule has 0 radical (unpaired) electrons. The number of nitrogens with zero attached hydrogens (tertiary/aromatic N) is 2. The number of carbonyl (C=O) groups excluding carboxylic acids is 2. The Labute approximate surface area is 273 Å². The van der Waals surface area contributed by atoms with Crippen molar-refractivity contribution in [3.05, 3.63) is 125 Å². The zero-order chi connectivity index (χ0) is 33.5. The average Bonchev–Trinajstić information content (AvgIpc) is 3.01. The summed E-state index contributed by atoms with van der Waals surface area (Å²) in [5.74, 6) is -0.565. The lowest BCUT2D eigenvalue weighted by Crippen LogP contribution is -2.56. The van der Waals surface area contributed by atoms with Crippen LogP contribution in [0.5, 0.6) is 5.75 Å². The number of aryl methyl sites for hydroxylation is 2. The minimum atomic E-state index is -4.25. The van der Waals surface area contributed by atoms with Gasteiger partial charge in [-0.05, 0) is 75.6 Å². The molecule has 0 saturated carbocycles. The average molecular weight is 642 g/mol. The topological polar surface area (TPSA) is 96.0 Å². The van der Waals surface area contributed by atoms with Crippen molar-refractivity contribution in [2.24, 2.45) is 0 Å². The number of rotatable bonds is 12. The summed E-state index contributed by atoms with van der Waals surface area (Å²) in [4.78, 5) is 30.2. The van der Waals surface area contributed by atoms with Crippen molar-refractivity contribution in [1.29, 1.82) is 0 Å². The van der Waals surface area contributed by atoms with Gasteiger partial charge in [0, 0.05) is 18.5 Å². The van der Waals surface area contributed by atoms with Gasteiger partial charge in [-0.2, -0.15) is 0 Å². The maximum Gasteiger partial charge on any atom is 0.264 e. The van der Waals surface area contributed by atoms with Crippen LogP contribution in [0.15, 0.2) is 108 Å². The summed E-state index contributed by atoms with van der Waals surface area (Å²) < 4.78 is 35.4. The Morgan fingerprint density at radius 3 is 1.93 bits per heavy atom. The van der Waals surface area contributed by atoms with Crippen LogP contribution in [-0.4, -0.2) is 50.4 Å². The second kappa shape index (κ2) is 14.6. The van der Waals surface area contributed by atoms with Gasteiger partial charge in [-0.25, -0.2) is 8.42 Å². The predicted octanol–water partition coefficient (Wildman–Crippen LogP) is 6.06. The lowest BCUT2D eigenvalue weighted by atomic mass is 10.0. The van der Waals surface area contributed by atoms with E-state index in [9.17, 15) is 18.0 Å². The lowest BCUT2D eigenvalue weighted by molar-refractivity contribution is -0.140. The lowest BCUT2D eigenvalue weighted by Gasteiger charge is -2.35. The molecular weight excluding hydrogens is 598 g/mol. The Morgan fingerprint density at radius 2 is 1.37 bits per heavy atom. The quantitative estimate of drug-likeness (QED) is 0.203. The maximum atomic E-state index is 14.6. The summed E-state index contributed by atoms with van der Waals surface area (Å²) in [6.45, 7) is 8.90. The smallest absolute Gasteiger partial charge is 0.264 e. The van der Waals surface area contributed by atoms with E-state index in [-0.39, 0.29) is 29.5 Å². The largest absolute Gasteiger partial charge is 0.495 e. The van der Waals surface area contributed by atoms with Gasteiger partial charge in [0.15, 0.2) is 0 Å². The molecule has 0 aliphatic carbocycles. The minimum Gasteiger partial charge on any atom is -0.495 e. The van der Waals surface area contributed by atoms with Crippen LogP contribution >= 0.6 is 0 Å². The van der Waals surface area contributed by atoms with Crippen LogP contribution in [0.2, 0.25) is 0 Å². The molecule has 2 amide bonds. The van der Waals surface area contributed by atoms with E-state index in [0.717, 1.165) is 26.6 Å². The van der Waals surface area contributed by atoms with Crippen molar-refractivity contribution < 1.29 is 22.7 Å². The molecule has 242 valence electrons. The molecule has 8 nitrogen and oxygen atoms in total. The molecule has 4 aromatic rings. The van der Waals surface area contributed by atoms with Crippen LogP contribution < -0.4 is 14.4 Å². The van der Waals surface area contributed by atoms with Gasteiger partial charge in [0.1, 0.15) is 18.3 Å². The zero-order valence-corrected chi connectivity index (χ0v) is 28.2. The standard InChI is InChI=1S/C37H43N3O5S/c1-27-17-20-31(21-18-27)46(43,44)40(32-23-28(2)19-22-34(32)45-6)26-35(41)39(25-30-15-11-8-12-16-30)33(36(42)38-37(3,4)5)24-29-13-9-7-10-14-29/h7-23,33H,24-26H2,1-6H3,(H,38,42). The SMILES string of the molecule is COc1ccc(C)cc1N(CC(=O)N(Cc1ccccc1)C(Cc1ccccc1)C(=O)NC(C)(C)C)S(=O)(=O)c1ccc(C)cc1.